The van der Waals surface area contributed by atoms with Crippen LogP contribution in [0.25, 0.3) is 0 Å². The number of hydrogen-bond acceptors (Lipinski definition) is 2. The van der Waals surface area contributed by atoms with Gasteiger partial charge in [-0.15, -0.1) is 11.8 Å². The fourth-order valence-electron chi connectivity index (χ4n) is 0.889. The van der Waals surface area contributed by atoms with Gasteiger partial charge in [-0.2, -0.15) is 0 Å². The van der Waals surface area contributed by atoms with Crippen molar-refractivity contribution in [3.05, 3.63) is 0 Å². The van der Waals surface area contributed by atoms with E-state index in [1.807, 2.05) is 13.8 Å². The lowest BCUT2D eigenvalue weighted by molar-refractivity contribution is -0.119. The van der Waals surface area contributed by atoms with Crippen LogP contribution < -0.4 is 0 Å². The molecule has 5 heteroatoms. The van der Waals surface area contributed by atoms with Crippen molar-refractivity contribution in [2.75, 3.05) is 6.16 Å². The number of carbonyl (C=O) groups excluding carboxylic acids is 1. The van der Waals surface area contributed by atoms with Crippen molar-refractivity contribution < 1.29 is 19.1 Å². The van der Waals surface area contributed by atoms with Crippen LogP contribution in [-0.4, -0.2) is 21.7 Å². The summed E-state index contributed by atoms with van der Waals surface area (Å²) in [5.41, 5.74) is 0. The minimum absolute atomic E-state index is 0.245. The molecule has 0 amide bonds. The molecule has 0 heterocycles. The van der Waals surface area contributed by atoms with Crippen LogP contribution in [0.15, 0.2) is 0 Å². The first-order valence-corrected chi connectivity index (χ1v) is 6.58. The number of rotatable bonds is 4. The van der Waals surface area contributed by atoms with E-state index >= 15 is 0 Å². The third-order valence-corrected chi connectivity index (χ3v) is 2.43. The zero-order valence-electron chi connectivity index (χ0n) is 9.23. The molecule has 2 N–H and O–H groups in total. The summed E-state index contributed by atoms with van der Waals surface area (Å²) in [5.74, 6) is 5.13. The molecule has 0 bridgehead atoms. The second-order valence-corrected chi connectivity index (χ2v) is 5.52. The molecule has 4 nitrogen and oxygen atoms in total. The SMILES string of the molecule is CC(C)C#CCC(C)C(=O)CP(=O)(O)O. The van der Waals surface area contributed by atoms with Gasteiger partial charge in [0.2, 0.25) is 0 Å². The molecule has 86 valence electrons. The molecule has 0 aromatic heterocycles. The number of carbonyl (C=O) groups is 1. The van der Waals surface area contributed by atoms with Gasteiger partial charge in [-0.25, -0.2) is 0 Å². The average molecular weight is 232 g/mol. The monoisotopic (exact) mass is 232 g/mol. The lowest BCUT2D eigenvalue weighted by Gasteiger charge is -2.07. The molecule has 0 radical (unpaired) electrons. The van der Waals surface area contributed by atoms with Crippen molar-refractivity contribution in [1.29, 1.82) is 0 Å². The van der Waals surface area contributed by atoms with Crippen molar-refractivity contribution >= 4 is 13.4 Å². The fourth-order valence-corrected chi connectivity index (χ4v) is 1.61. The quantitative estimate of drug-likeness (QED) is 0.567. The van der Waals surface area contributed by atoms with E-state index < -0.39 is 25.5 Å². The second-order valence-electron chi connectivity index (χ2n) is 3.87. The predicted octanol–water partition coefficient (Wildman–Crippen LogP) is 1.42. The molecule has 0 saturated heterocycles. The molecule has 0 aliphatic carbocycles. The van der Waals surface area contributed by atoms with Crippen molar-refractivity contribution in [1.82, 2.24) is 0 Å². The van der Waals surface area contributed by atoms with Crippen LogP contribution >= 0.6 is 7.60 Å². The highest BCUT2D eigenvalue weighted by Gasteiger charge is 2.22. The first-order valence-electron chi connectivity index (χ1n) is 4.78. The van der Waals surface area contributed by atoms with E-state index in [0.717, 1.165) is 0 Å². The van der Waals surface area contributed by atoms with E-state index in [2.05, 4.69) is 11.8 Å². The van der Waals surface area contributed by atoms with Gasteiger partial charge in [-0.1, -0.05) is 20.8 Å². The lowest BCUT2D eigenvalue weighted by atomic mass is 10.0. The molecule has 0 rings (SSSR count). The molecule has 0 saturated carbocycles. The summed E-state index contributed by atoms with van der Waals surface area (Å²) in [6, 6.07) is 0. The fraction of sp³-hybridized carbons (Fsp3) is 0.700. The topological polar surface area (TPSA) is 74.6 Å². The molecule has 0 aromatic carbocycles. The van der Waals surface area contributed by atoms with E-state index in [9.17, 15) is 9.36 Å². The van der Waals surface area contributed by atoms with Crippen molar-refractivity contribution in [3.63, 3.8) is 0 Å². The van der Waals surface area contributed by atoms with Gasteiger partial charge in [0.15, 0.2) is 0 Å². The zero-order valence-corrected chi connectivity index (χ0v) is 10.1. The van der Waals surface area contributed by atoms with Crippen molar-refractivity contribution in [3.8, 4) is 11.8 Å². The molecule has 0 spiro atoms. The minimum atomic E-state index is -4.22. The first-order chi connectivity index (χ1) is 6.72. The average Bonchev–Trinajstić information content (AvgIpc) is 1.99. The molecule has 15 heavy (non-hydrogen) atoms. The summed E-state index contributed by atoms with van der Waals surface area (Å²) in [5, 5.41) is 0. The van der Waals surface area contributed by atoms with Crippen LogP contribution in [0.1, 0.15) is 27.2 Å². The van der Waals surface area contributed by atoms with Gasteiger partial charge < -0.3 is 9.79 Å². The Morgan fingerprint density at radius 1 is 1.33 bits per heavy atom. The lowest BCUT2D eigenvalue weighted by Crippen LogP contribution is -2.14. The van der Waals surface area contributed by atoms with E-state index in [1.165, 1.54) is 0 Å². The Hall–Kier alpha value is -0.620. The molecular formula is C10H17O4P. The van der Waals surface area contributed by atoms with Crippen LogP contribution in [0.4, 0.5) is 0 Å². The molecule has 0 aliphatic rings. The number of hydrogen-bond donors (Lipinski definition) is 2. The number of ketones is 1. The van der Waals surface area contributed by atoms with Gasteiger partial charge in [0.05, 0.1) is 0 Å². The minimum Gasteiger partial charge on any atom is -0.324 e. The van der Waals surface area contributed by atoms with Gasteiger partial charge in [0.1, 0.15) is 11.9 Å². The normalized spacial score (nSPS) is 13.2. The third-order valence-electron chi connectivity index (χ3n) is 1.71. The summed E-state index contributed by atoms with van der Waals surface area (Å²) in [4.78, 5) is 28.5. The molecular weight excluding hydrogens is 215 g/mol. The van der Waals surface area contributed by atoms with E-state index in [1.54, 1.807) is 6.92 Å². The van der Waals surface area contributed by atoms with E-state index in [4.69, 9.17) is 9.79 Å². The second kappa shape index (κ2) is 6.07. The largest absolute Gasteiger partial charge is 0.332 e. The van der Waals surface area contributed by atoms with Gasteiger partial charge in [0.25, 0.3) is 0 Å². The third kappa shape index (κ3) is 8.38. The molecule has 1 atom stereocenters. The highest BCUT2D eigenvalue weighted by atomic mass is 31.2. The molecule has 0 fully saturated rings. The van der Waals surface area contributed by atoms with Crippen LogP contribution in [0.2, 0.25) is 0 Å². The van der Waals surface area contributed by atoms with Gasteiger partial charge in [-0.05, 0) is 0 Å². The van der Waals surface area contributed by atoms with E-state index in [-0.39, 0.29) is 5.92 Å². The Bertz CT molecular complexity index is 318. The highest BCUT2D eigenvalue weighted by Crippen LogP contribution is 2.34. The maximum atomic E-state index is 11.3. The van der Waals surface area contributed by atoms with Crippen LogP contribution in [0.3, 0.4) is 0 Å². The van der Waals surface area contributed by atoms with Crippen LogP contribution in [0.5, 0.6) is 0 Å². The summed E-state index contributed by atoms with van der Waals surface area (Å²) >= 11 is 0. The Kier molecular flexibility index (Phi) is 5.82. The van der Waals surface area contributed by atoms with Crippen molar-refractivity contribution in [2.24, 2.45) is 11.8 Å². The number of Topliss-reactive ketones (excluding diaryl/α,β-unsaturated/α-hetero) is 1. The smallest absolute Gasteiger partial charge is 0.324 e. The Morgan fingerprint density at radius 3 is 2.27 bits per heavy atom. The molecule has 0 aromatic rings. The summed E-state index contributed by atoms with van der Waals surface area (Å²) in [6.07, 6.45) is -0.325. The first kappa shape index (κ1) is 14.4. The Balaban J connectivity index is 4.14. The van der Waals surface area contributed by atoms with Crippen molar-refractivity contribution in [2.45, 2.75) is 27.2 Å². The van der Waals surface area contributed by atoms with Gasteiger partial charge in [0, 0.05) is 18.3 Å². The van der Waals surface area contributed by atoms with Gasteiger partial charge in [-0.3, -0.25) is 9.36 Å². The zero-order chi connectivity index (χ0) is 12.1. The standard InChI is InChI=1S/C10H17O4P/c1-8(2)5-4-6-9(3)10(11)7-15(12,13)14/h8-9H,6-7H2,1-3H3,(H2,12,13,14). The highest BCUT2D eigenvalue weighted by molar-refractivity contribution is 7.52. The summed E-state index contributed by atoms with van der Waals surface area (Å²) in [6.45, 7) is 5.51. The summed E-state index contributed by atoms with van der Waals surface area (Å²) in [7, 11) is -4.22. The van der Waals surface area contributed by atoms with Crippen LogP contribution in [0, 0.1) is 23.7 Å². The molecule has 1 unspecified atom stereocenters. The molecule has 0 aliphatic heterocycles. The Labute approximate surface area is 90.2 Å². The van der Waals surface area contributed by atoms with E-state index in [0.29, 0.717) is 6.42 Å². The maximum Gasteiger partial charge on any atom is 0.332 e. The Morgan fingerprint density at radius 2 is 1.87 bits per heavy atom. The maximum absolute atomic E-state index is 11.3. The predicted molar refractivity (Wildman–Crippen MR) is 58.3 cm³/mol. The van der Waals surface area contributed by atoms with Gasteiger partial charge >= 0.3 is 7.60 Å². The van der Waals surface area contributed by atoms with Crippen LogP contribution in [-0.2, 0) is 9.36 Å². The summed E-state index contributed by atoms with van der Waals surface area (Å²) < 4.78 is 10.6.